The predicted molar refractivity (Wildman–Crippen MR) is 51.1 cm³/mol. The summed E-state index contributed by atoms with van der Waals surface area (Å²) in [5, 5.41) is 14.6. The number of rotatable bonds is 1. The summed E-state index contributed by atoms with van der Waals surface area (Å²) in [6.45, 7) is 3.97. The first-order valence-corrected chi connectivity index (χ1v) is 4.06. The summed E-state index contributed by atoms with van der Waals surface area (Å²) >= 11 is 0. The fourth-order valence-corrected chi connectivity index (χ4v) is 1.36. The minimum absolute atomic E-state index is 0. The maximum Gasteiger partial charge on any atom is 0.245 e. The van der Waals surface area contributed by atoms with E-state index in [0.717, 1.165) is 32.1 Å². The second-order valence-corrected chi connectivity index (χ2v) is 2.84. The van der Waals surface area contributed by atoms with Gasteiger partial charge in [0.2, 0.25) is 5.95 Å². The largest absolute Gasteiger partial charge is 0.337 e. The zero-order chi connectivity index (χ0) is 8.39. The molecule has 74 valence electrons. The predicted octanol–water partition coefficient (Wildman–Crippen LogP) is -0.958. The number of aryl methyl sites for hydroxylation is 1. The molecule has 13 heavy (non-hydrogen) atoms. The number of aromatic nitrogens is 4. The van der Waals surface area contributed by atoms with Gasteiger partial charge in [-0.25, -0.2) is 4.68 Å². The zero-order valence-electron chi connectivity index (χ0n) is 7.47. The van der Waals surface area contributed by atoms with Gasteiger partial charge < -0.3 is 10.2 Å². The van der Waals surface area contributed by atoms with E-state index >= 15 is 0 Å². The van der Waals surface area contributed by atoms with E-state index < -0.39 is 0 Å². The van der Waals surface area contributed by atoms with E-state index in [1.165, 1.54) is 0 Å². The summed E-state index contributed by atoms with van der Waals surface area (Å²) in [5.74, 6) is 0.858. The van der Waals surface area contributed by atoms with Crippen LogP contribution in [0.4, 0.5) is 5.95 Å². The highest BCUT2D eigenvalue weighted by atomic mass is 35.5. The lowest BCUT2D eigenvalue weighted by Gasteiger charge is -2.26. The van der Waals surface area contributed by atoms with E-state index in [1.807, 2.05) is 7.05 Å². The highest BCUT2D eigenvalue weighted by Gasteiger charge is 2.14. The fourth-order valence-electron chi connectivity index (χ4n) is 1.36. The number of halogens is 1. The minimum Gasteiger partial charge on any atom is -0.337 e. The maximum absolute atomic E-state index is 3.94. The standard InChI is InChI=1S/C6H12N6.ClH/c1-11-6(8-9-10-11)12-4-2-7-3-5-12;/h7H,2-5H2,1H3;1H. The molecular formula is C6H13ClN6. The molecule has 1 N–H and O–H groups in total. The molecule has 0 aromatic carbocycles. The molecule has 1 saturated heterocycles. The van der Waals surface area contributed by atoms with Crippen molar-refractivity contribution in [1.29, 1.82) is 0 Å². The molecule has 1 aliphatic rings. The molecule has 0 spiro atoms. The van der Waals surface area contributed by atoms with E-state index in [4.69, 9.17) is 0 Å². The van der Waals surface area contributed by atoms with E-state index in [0.29, 0.717) is 0 Å². The van der Waals surface area contributed by atoms with E-state index in [-0.39, 0.29) is 12.4 Å². The molecule has 1 aliphatic heterocycles. The van der Waals surface area contributed by atoms with E-state index in [1.54, 1.807) is 4.68 Å². The Kier molecular flexibility index (Phi) is 3.44. The molecule has 0 aliphatic carbocycles. The number of piperazine rings is 1. The van der Waals surface area contributed by atoms with Gasteiger partial charge in [-0.05, 0) is 10.4 Å². The number of tetrazole rings is 1. The average molecular weight is 205 g/mol. The molecule has 1 aromatic rings. The minimum atomic E-state index is 0. The van der Waals surface area contributed by atoms with Crippen LogP contribution in [0.3, 0.4) is 0 Å². The third kappa shape index (κ3) is 2.07. The van der Waals surface area contributed by atoms with Crippen LogP contribution in [0.5, 0.6) is 0 Å². The van der Waals surface area contributed by atoms with Crippen molar-refractivity contribution in [2.24, 2.45) is 7.05 Å². The van der Waals surface area contributed by atoms with Crippen LogP contribution in [0.15, 0.2) is 0 Å². The summed E-state index contributed by atoms with van der Waals surface area (Å²) in [4.78, 5) is 2.18. The number of anilines is 1. The average Bonchev–Trinajstić information content (AvgIpc) is 2.53. The molecule has 0 saturated carbocycles. The molecule has 6 nitrogen and oxygen atoms in total. The van der Waals surface area contributed by atoms with Crippen molar-refractivity contribution >= 4 is 18.4 Å². The molecule has 7 heteroatoms. The summed E-state index contributed by atoms with van der Waals surface area (Å²) in [7, 11) is 1.86. The molecule has 0 atom stereocenters. The van der Waals surface area contributed by atoms with Gasteiger partial charge in [0.25, 0.3) is 0 Å². The van der Waals surface area contributed by atoms with Crippen LogP contribution in [-0.4, -0.2) is 46.4 Å². The van der Waals surface area contributed by atoms with Crippen LogP contribution in [0.1, 0.15) is 0 Å². The van der Waals surface area contributed by atoms with Crippen LogP contribution >= 0.6 is 12.4 Å². The van der Waals surface area contributed by atoms with Gasteiger partial charge in [-0.15, -0.1) is 12.4 Å². The lowest BCUT2D eigenvalue weighted by atomic mass is 10.4. The van der Waals surface area contributed by atoms with Crippen molar-refractivity contribution in [3.05, 3.63) is 0 Å². The molecule has 0 amide bonds. The molecule has 2 rings (SSSR count). The van der Waals surface area contributed by atoms with Crippen LogP contribution in [0.2, 0.25) is 0 Å². The molecule has 0 radical (unpaired) electrons. The third-order valence-electron chi connectivity index (χ3n) is 2.00. The van der Waals surface area contributed by atoms with Crippen molar-refractivity contribution in [2.75, 3.05) is 31.1 Å². The second-order valence-electron chi connectivity index (χ2n) is 2.84. The Balaban J connectivity index is 0.000000845. The normalized spacial score (nSPS) is 16.8. The van der Waals surface area contributed by atoms with Gasteiger partial charge in [-0.1, -0.05) is 5.10 Å². The number of nitrogens with one attached hydrogen (secondary N) is 1. The van der Waals surface area contributed by atoms with Gasteiger partial charge in [-0.2, -0.15) is 0 Å². The Morgan fingerprint density at radius 2 is 2.00 bits per heavy atom. The van der Waals surface area contributed by atoms with Crippen molar-refractivity contribution in [2.45, 2.75) is 0 Å². The third-order valence-corrected chi connectivity index (χ3v) is 2.00. The Bertz CT molecular complexity index is 255. The first kappa shape index (κ1) is 10.2. The first-order valence-electron chi connectivity index (χ1n) is 4.06. The Morgan fingerprint density at radius 1 is 1.31 bits per heavy atom. The van der Waals surface area contributed by atoms with E-state index in [9.17, 15) is 0 Å². The van der Waals surface area contributed by atoms with Gasteiger partial charge >= 0.3 is 0 Å². The van der Waals surface area contributed by atoms with Crippen LogP contribution in [0, 0.1) is 0 Å². The van der Waals surface area contributed by atoms with Gasteiger partial charge in [0.05, 0.1) is 0 Å². The van der Waals surface area contributed by atoms with Crippen molar-refractivity contribution < 1.29 is 0 Å². The van der Waals surface area contributed by atoms with Crippen LogP contribution < -0.4 is 10.2 Å². The zero-order valence-corrected chi connectivity index (χ0v) is 8.29. The summed E-state index contributed by atoms with van der Waals surface area (Å²) in [5.41, 5.74) is 0. The van der Waals surface area contributed by atoms with Gasteiger partial charge in [0, 0.05) is 33.2 Å². The second kappa shape index (κ2) is 4.38. The smallest absolute Gasteiger partial charge is 0.245 e. The lowest BCUT2D eigenvalue weighted by Crippen LogP contribution is -2.44. The Hall–Kier alpha value is -0.880. The topological polar surface area (TPSA) is 58.9 Å². The Morgan fingerprint density at radius 3 is 2.54 bits per heavy atom. The maximum atomic E-state index is 3.94. The molecule has 2 heterocycles. The van der Waals surface area contributed by atoms with Gasteiger partial charge in [0.1, 0.15) is 0 Å². The van der Waals surface area contributed by atoms with E-state index in [2.05, 4.69) is 25.7 Å². The molecule has 1 aromatic heterocycles. The molecule has 1 fully saturated rings. The summed E-state index contributed by atoms with van der Waals surface area (Å²) in [6.07, 6.45) is 0. The lowest BCUT2D eigenvalue weighted by molar-refractivity contribution is 0.568. The van der Waals surface area contributed by atoms with Crippen molar-refractivity contribution in [3.63, 3.8) is 0 Å². The summed E-state index contributed by atoms with van der Waals surface area (Å²) in [6, 6.07) is 0. The fraction of sp³-hybridized carbons (Fsp3) is 0.833. The van der Waals surface area contributed by atoms with Crippen LogP contribution in [-0.2, 0) is 7.05 Å². The quantitative estimate of drug-likeness (QED) is 0.639. The van der Waals surface area contributed by atoms with Crippen LogP contribution in [0.25, 0.3) is 0 Å². The molecular weight excluding hydrogens is 192 g/mol. The number of hydrogen-bond acceptors (Lipinski definition) is 5. The SMILES string of the molecule is Cl.Cn1nnnc1N1CCNCC1. The monoisotopic (exact) mass is 204 g/mol. The van der Waals surface area contributed by atoms with Gasteiger partial charge in [-0.3, -0.25) is 0 Å². The molecule has 0 bridgehead atoms. The Labute approximate surface area is 82.7 Å². The van der Waals surface area contributed by atoms with Crippen molar-refractivity contribution in [3.8, 4) is 0 Å². The van der Waals surface area contributed by atoms with Crippen molar-refractivity contribution in [1.82, 2.24) is 25.5 Å². The first-order chi connectivity index (χ1) is 5.88. The highest BCUT2D eigenvalue weighted by Crippen LogP contribution is 2.06. The highest BCUT2D eigenvalue weighted by molar-refractivity contribution is 5.85. The molecule has 0 unspecified atom stereocenters. The number of hydrogen-bond donors (Lipinski definition) is 1. The van der Waals surface area contributed by atoms with Gasteiger partial charge in [0.15, 0.2) is 0 Å². The summed E-state index contributed by atoms with van der Waals surface area (Å²) < 4.78 is 1.70. The number of nitrogens with zero attached hydrogens (tertiary/aromatic N) is 5.